The van der Waals surface area contributed by atoms with Crippen LogP contribution in [0.5, 0.6) is 0 Å². The van der Waals surface area contributed by atoms with Crippen LogP contribution >= 0.6 is 0 Å². The van der Waals surface area contributed by atoms with Crippen molar-refractivity contribution >= 4 is 5.84 Å². The summed E-state index contributed by atoms with van der Waals surface area (Å²) in [4.78, 5) is 2.31. The Kier molecular flexibility index (Phi) is 4.39. The number of benzene rings is 1. The van der Waals surface area contributed by atoms with Crippen LogP contribution in [-0.4, -0.2) is 40.2 Å². The molecule has 0 amide bonds. The number of rotatable bonds is 4. The van der Waals surface area contributed by atoms with Crippen molar-refractivity contribution in [2.75, 3.05) is 13.2 Å². The average molecular weight is 263 g/mol. The van der Waals surface area contributed by atoms with Crippen LogP contribution in [0.2, 0.25) is 0 Å². The van der Waals surface area contributed by atoms with Gasteiger partial charge in [-0.25, -0.2) is 0 Å². The third-order valence-electron chi connectivity index (χ3n) is 3.83. The molecule has 1 aliphatic rings. The molecule has 1 saturated heterocycles. The lowest BCUT2D eigenvalue weighted by atomic mass is 10.0. The summed E-state index contributed by atoms with van der Waals surface area (Å²) < 4.78 is 0. The van der Waals surface area contributed by atoms with E-state index in [1.54, 1.807) is 0 Å². The zero-order chi connectivity index (χ0) is 13.8. The minimum Gasteiger partial charge on any atom is -0.409 e. The van der Waals surface area contributed by atoms with E-state index in [-0.39, 0.29) is 18.5 Å². The van der Waals surface area contributed by atoms with Crippen LogP contribution in [0, 0.1) is 6.92 Å². The number of oxime groups is 1. The van der Waals surface area contributed by atoms with Gasteiger partial charge in [0.15, 0.2) is 5.84 Å². The van der Waals surface area contributed by atoms with Gasteiger partial charge in [0.1, 0.15) is 0 Å². The number of aliphatic hydroxyl groups is 1. The summed E-state index contributed by atoms with van der Waals surface area (Å²) in [5.41, 5.74) is 8.64. The molecule has 19 heavy (non-hydrogen) atoms. The van der Waals surface area contributed by atoms with E-state index in [0.717, 1.165) is 37.1 Å². The third-order valence-corrected chi connectivity index (χ3v) is 3.83. The summed E-state index contributed by atoms with van der Waals surface area (Å²) in [5, 5.41) is 21.0. The standard InChI is InChI=1S/C14H21N3O2/c1-10-7-11(14(15)16-19)4-5-12(10)8-17-6-2-3-13(17)9-18/h4-5,7,13,18-19H,2-3,6,8-9H2,1H3,(H2,15,16). The van der Waals surface area contributed by atoms with Crippen molar-refractivity contribution in [3.05, 3.63) is 34.9 Å². The molecule has 1 aromatic carbocycles. The number of amidine groups is 1. The Bertz CT molecular complexity index is 474. The summed E-state index contributed by atoms with van der Waals surface area (Å²) in [6.45, 7) is 4.12. The fourth-order valence-corrected chi connectivity index (χ4v) is 2.62. The number of likely N-dealkylation sites (tertiary alicyclic amines) is 1. The molecule has 0 bridgehead atoms. The van der Waals surface area contributed by atoms with E-state index in [4.69, 9.17) is 10.9 Å². The van der Waals surface area contributed by atoms with E-state index in [1.165, 1.54) is 5.56 Å². The van der Waals surface area contributed by atoms with Gasteiger partial charge >= 0.3 is 0 Å². The molecule has 5 nitrogen and oxygen atoms in total. The van der Waals surface area contributed by atoms with Gasteiger partial charge in [0, 0.05) is 18.2 Å². The molecule has 1 atom stereocenters. The van der Waals surface area contributed by atoms with Crippen molar-refractivity contribution in [2.24, 2.45) is 10.9 Å². The fraction of sp³-hybridized carbons (Fsp3) is 0.500. The molecule has 0 aliphatic carbocycles. The average Bonchev–Trinajstić information content (AvgIpc) is 2.87. The van der Waals surface area contributed by atoms with Crippen molar-refractivity contribution in [1.82, 2.24) is 4.90 Å². The largest absolute Gasteiger partial charge is 0.409 e. The highest BCUT2D eigenvalue weighted by Gasteiger charge is 2.23. The van der Waals surface area contributed by atoms with Gasteiger partial charge in [-0.1, -0.05) is 17.3 Å². The van der Waals surface area contributed by atoms with Gasteiger partial charge in [-0.15, -0.1) is 0 Å². The first-order valence-electron chi connectivity index (χ1n) is 6.58. The SMILES string of the molecule is Cc1cc(/C(N)=N/O)ccc1CN1CCCC1CO. The van der Waals surface area contributed by atoms with E-state index >= 15 is 0 Å². The second-order valence-corrected chi connectivity index (χ2v) is 5.08. The second-order valence-electron chi connectivity index (χ2n) is 5.08. The summed E-state index contributed by atoms with van der Waals surface area (Å²) in [6, 6.07) is 6.08. The van der Waals surface area contributed by atoms with E-state index in [9.17, 15) is 5.11 Å². The Labute approximate surface area is 113 Å². The zero-order valence-corrected chi connectivity index (χ0v) is 11.2. The Morgan fingerprint density at radius 2 is 2.32 bits per heavy atom. The molecular weight excluding hydrogens is 242 g/mol. The zero-order valence-electron chi connectivity index (χ0n) is 11.2. The van der Waals surface area contributed by atoms with Crippen LogP contribution < -0.4 is 5.73 Å². The molecule has 4 N–H and O–H groups in total. The van der Waals surface area contributed by atoms with Crippen LogP contribution in [0.25, 0.3) is 0 Å². The number of hydrogen-bond acceptors (Lipinski definition) is 4. The lowest BCUT2D eigenvalue weighted by Crippen LogP contribution is -2.31. The third kappa shape index (κ3) is 3.05. The maximum Gasteiger partial charge on any atom is 0.170 e. The molecule has 1 aliphatic heterocycles. The summed E-state index contributed by atoms with van der Waals surface area (Å²) in [6.07, 6.45) is 2.21. The molecule has 0 spiro atoms. The number of nitrogens with two attached hydrogens (primary N) is 1. The monoisotopic (exact) mass is 263 g/mol. The molecule has 1 aromatic rings. The molecular formula is C14H21N3O2. The summed E-state index contributed by atoms with van der Waals surface area (Å²) in [5.74, 6) is 0.129. The fourth-order valence-electron chi connectivity index (χ4n) is 2.62. The topological polar surface area (TPSA) is 82.1 Å². The molecule has 5 heteroatoms. The predicted molar refractivity (Wildman–Crippen MR) is 74.2 cm³/mol. The highest BCUT2D eigenvalue weighted by atomic mass is 16.4. The lowest BCUT2D eigenvalue weighted by Gasteiger charge is -2.23. The molecule has 0 aromatic heterocycles. The van der Waals surface area contributed by atoms with Gasteiger partial charge in [-0.2, -0.15) is 0 Å². The predicted octanol–water partition coefficient (Wildman–Crippen LogP) is 1.05. The van der Waals surface area contributed by atoms with Crippen LogP contribution in [-0.2, 0) is 6.54 Å². The summed E-state index contributed by atoms with van der Waals surface area (Å²) in [7, 11) is 0. The van der Waals surface area contributed by atoms with E-state index in [0.29, 0.717) is 0 Å². The number of nitrogens with zero attached hydrogens (tertiary/aromatic N) is 2. The maximum atomic E-state index is 9.33. The quantitative estimate of drug-likeness (QED) is 0.328. The highest BCUT2D eigenvalue weighted by Crippen LogP contribution is 2.21. The van der Waals surface area contributed by atoms with E-state index < -0.39 is 0 Å². The van der Waals surface area contributed by atoms with Crippen molar-refractivity contribution in [1.29, 1.82) is 0 Å². The Hall–Kier alpha value is -1.59. The maximum absolute atomic E-state index is 9.33. The Morgan fingerprint density at radius 3 is 2.95 bits per heavy atom. The van der Waals surface area contributed by atoms with E-state index in [2.05, 4.69) is 10.1 Å². The van der Waals surface area contributed by atoms with Gasteiger partial charge in [0.2, 0.25) is 0 Å². The summed E-state index contributed by atoms with van der Waals surface area (Å²) >= 11 is 0. The minimum absolute atomic E-state index is 0.129. The molecule has 1 fully saturated rings. The second kappa shape index (κ2) is 6.04. The van der Waals surface area contributed by atoms with Crippen LogP contribution in [0.4, 0.5) is 0 Å². The van der Waals surface area contributed by atoms with Crippen LogP contribution in [0.15, 0.2) is 23.4 Å². The van der Waals surface area contributed by atoms with Crippen LogP contribution in [0.1, 0.15) is 29.5 Å². The molecule has 0 saturated carbocycles. The van der Waals surface area contributed by atoms with Gasteiger partial charge < -0.3 is 16.0 Å². The number of hydrogen-bond donors (Lipinski definition) is 3. The number of aliphatic hydroxyl groups excluding tert-OH is 1. The molecule has 104 valence electrons. The first kappa shape index (κ1) is 13.8. The molecule has 1 heterocycles. The first-order chi connectivity index (χ1) is 9.15. The van der Waals surface area contributed by atoms with Gasteiger partial charge in [-0.05, 0) is 43.5 Å². The minimum atomic E-state index is 0.129. The van der Waals surface area contributed by atoms with Crippen molar-refractivity contribution in [3.63, 3.8) is 0 Å². The smallest absolute Gasteiger partial charge is 0.170 e. The first-order valence-corrected chi connectivity index (χ1v) is 6.58. The van der Waals surface area contributed by atoms with E-state index in [1.807, 2.05) is 25.1 Å². The normalized spacial score (nSPS) is 20.9. The van der Waals surface area contributed by atoms with Crippen LogP contribution in [0.3, 0.4) is 0 Å². The van der Waals surface area contributed by atoms with Crippen molar-refractivity contribution in [3.8, 4) is 0 Å². The number of aryl methyl sites for hydroxylation is 1. The Balaban J connectivity index is 2.13. The van der Waals surface area contributed by atoms with Crippen molar-refractivity contribution in [2.45, 2.75) is 32.4 Å². The Morgan fingerprint density at radius 1 is 1.53 bits per heavy atom. The van der Waals surface area contributed by atoms with Crippen molar-refractivity contribution < 1.29 is 10.3 Å². The lowest BCUT2D eigenvalue weighted by molar-refractivity contribution is 0.153. The van der Waals surface area contributed by atoms with Gasteiger partial charge in [-0.3, -0.25) is 4.90 Å². The van der Waals surface area contributed by atoms with Gasteiger partial charge in [0.05, 0.1) is 6.61 Å². The molecule has 2 rings (SSSR count). The molecule has 1 unspecified atom stereocenters. The highest BCUT2D eigenvalue weighted by molar-refractivity contribution is 5.97. The molecule has 0 radical (unpaired) electrons. The van der Waals surface area contributed by atoms with Gasteiger partial charge in [0.25, 0.3) is 0 Å².